The van der Waals surface area contributed by atoms with E-state index >= 15 is 0 Å². The third-order valence-corrected chi connectivity index (χ3v) is 1.92. The van der Waals surface area contributed by atoms with Crippen molar-refractivity contribution in [3.63, 3.8) is 0 Å². The fraction of sp³-hybridized carbons (Fsp3) is 0.250. The highest BCUT2D eigenvalue weighted by atomic mass is 16.3. The Labute approximate surface area is 83.9 Å². The highest BCUT2D eigenvalue weighted by Crippen LogP contribution is 2.10. The topological polar surface area (TPSA) is 37.3 Å². The quantitative estimate of drug-likeness (QED) is 0.740. The van der Waals surface area contributed by atoms with E-state index in [9.17, 15) is 4.79 Å². The fourth-order valence-electron chi connectivity index (χ4n) is 1.16. The van der Waals surface area contributed by atoms with Gasteiger partial charge in [0.1, 0.15) is 11.5 Å². The lowest BCUT2D eigenvalue weighted by Crippen LogP contribution is -2.00. The summed E-state index contributed by atoms with van der Waals surface area (Å²) < 4.78 is 0. The molecule has 1 aromatic rings. The molecule has 0 aliphatic carbocycles. The Kier molecular flexibility index (Phi) is 3.92. The van der Waals surface area contributed by atoms with Gasteiger partial charge in [-0.2, -0.15) is 0 Å². The Bertz CT molecular complexity index is 323. The summed E-state index contributed by atoms with van der Waals surface area (Å²) in [5.41, 5.74) is 0.942. The summed E-state index contributed by atoms with van der Waals surface area (Å²) in [6.07, 6.45) is 4.64. The van der Waals surface area contributed by atoms with Crippen LogP contribution in [-0.2, 0) is 11.2 Å². The Morgan fingerprint density at radius 3 is 2.57 bits per heavy atom. The summed E-state index contributed by atoms with van der Waals surface area (Å²) in [6.45, 7) is 1.90. The zero-order valence-corrected chi connectivity index (χ0v) is 8.23. The first kappa shape index (κ1) is 10.5. The third-order valence-electron chi connectivity index (χ3n) is 1.92. The molecule has 0 unspecified atom stereocenters. The summed E-state index contributed by atoms with van der Waals surface area (Å²) in [7, 11) is 0. The summed E-state index contributed by atoms with van der Waals surface area (Å²) in [6, 6.07) is 6.72. The number of hydrogen-bond donors (Lipinski definition) is 1. The van der Waals surface area contributed by atoms with Crippen molar-refractivity contribution in [3.05, 3.63) is 42.0 Å². The summed E-state index contributed by atoms with van der Waals surface area (Å²) in [5.74, 6) is 0.420. The van der Waals surface area contributed by atoms with E-state index in [1.807, 2.05) is 19.1 Å². The van der Waals surface area contributed by atoms with Gasteiger partial charge in [0, 0.05) is 12.8 Å². The van der Waals surface area contributed by atoms with Crippen LogP contribution in [0.1, 0.15) is 18.9 Å². The Morgan fingerprint density at radius 2 is 2.00 bits per heavy atom. The maximum atomic E-state index is 11.3. The van der Waals surface area contributed by atoms with Crippen LogP contribution in [0.4, 0.5) is 0 Å². The molecule has 1 rings (SSSR count). The Balaban J connectivity index is 2.52. The number of phenols is 1. The minimum Gasteiger partial charge on any atom is -0.508 e. The molecule has 1 aromatic carbocycles. The fourth-order valence-corrected chi connectivity index (χ4v) is 1.16. The molecule has 0 saturated heterocycles. The van der Waals surface area contributed by atoms with Gasteiger partial charge in [0.05, 0.1) is 0 Å². The smallest absolute Gasteiger partial charge is 0.141 e. The number of rotatable bonds is 4. The number of allylic oxidation sites excluding steroid dienone is 2. The first-order valence-corrected chi connectivity index (χ1v) is 4.63. The lowest BCUT2D eigenvalue weighted by atomic mass is 10.1. The standard InChI is InChI=1S/C12H14O2/c1-2-3-4-12(14)9-10-5-7-11(13)8-6-10/h2-3,5-8,13H,4,9H2,1H3. The van der Waals surface area contributed by atoms with Gasteiger partial charge in [0.2, 0.25) is 0 Å². The van der Waals surface area contributed by atoms with Crippen molar-refractivity contribution in [1.82, 2.24) is 0 Å². The second-order valence-corrected chi connectivity index (χ2v) is 3.16. The van der Waals surface area contributed by atoms with E-state index in [0.717, 1.165) is 5.56 Å². The van der Waals surface area contributed by atoms with Crippen molar-refractivity contribution in [2.45, 2.75) is 19.8 Å². The molecule has 0 fully saturated rings. The second kappa shape index (κ2) is 5.22. The molecular formula is C12H14O2. The van der Waals surface area contributed by atoms with Crippen molar-refractivity contribution >= 4 is 5.78 Å². The molecule has 74 valence electrons. The van der Waals surface area contributed by atoms with E-state index < -0.39 is 0 Å². The maximum absolute atomic E-state index is 11.3. The molecule has 0 spiro atoms. The first-order chi connectivity index (χ1) is 6.72. The highest BCUT2D eigenvalue weighted by molar-refractivity contribution is 5.82. The zero-order chi connectivity index (χ0) is 10.4. The van der Waals surface area contributed by atoms with Crippen LogP contribution in [0.5, 0.6) is 5.75 Å². The van der Waals surface area contributed by atoms with Crippen LogP contribution in [0.25, 0.3) is 0 Å². The van der Waals surface area contributed by atoms with E-state index in [1.54, 1.807) is 24.3 Å². The lowest BCUT2D eigenvalue weighted by Gasteiger charge is -1.98. The van der Waals surface area contributed by atoms with Crippen molar-refractivity contribution in [1.29, 1.82) is 0 Å². The van der Waals surface area contributed by atoms with E-state index in [4.69, 9.17) is 5.11 Å². The predicted molar refractivity (Wildman–Crippen MR) is 56.2 cm³/mol. The van der Waals surface area contributed by atoms with Crippen LogP contribution in [0.3, 0.4) is 0 Å². The molecule has 0 heterocycles. The van der Waals surface area contributed by atoms with E-state index in [1.165, 1.54) is 0 Å². The molecule has 0 aliphatic heterocycles. The Morgan fingerprint density at radius 1 is 1.36 bits per heavy atom. The molecular weight excluding hydrogens is 176 g/mol. The number of benzene rings is 1. The lowest BCUT2D eigenvalue weighted by molar-refractivity contribution is -0.117. The molecule has 2 nitrogen and oxygen atoms in total. The van der Waals surface area contributed by atoms with Crippen molar-refractivity contribution in [2.75, 3.05) is 0 Å². The van der Waals surface area contributed by atoms with Gasteiger partial charge in [0.15, 0.2) is 0 Å². The van der Waals surface area contributed by atoms with Gasteiger partial charge < -0.3 is 5.11 Å². The Hall–Kier alpha value is -1.57. The number of aromatic hydroxyl groups is 1. The van der Waals surface area contributed by atoms with Gasteiger partial charge in [-0.25, -0.2) is 0 Å². The summed E-state index contributed by atoms with van der Waals surface area (Å²) in [4.78, 5) is 11.3. The van der Waals surface area contributed by atoms with Crippen LogP contribution in [0.15, 0.2) is 36.4 Å². The van der Waals surface area contributed by atoms with Crippen molar-refractivity contribution in [3.8, 4) is 5.75 Å². The van der Waals surface area contributed by atoms with Gasteiger partial charge in [-0.1, -0.05) is 24.3 Å². The molecule has 0 atom stereocenters. The second-order valence-electron chi connectivity index (χ2n) is 3.16. The zero-order valence-electron chi connectivity index (χ0n) is 8.23. The van der Waals surface area contributed by atoms with Gasteiger partial charge in [-0.3, -0.25) is 4.79 Å². The number of phenolic OH excluding ortho intramolecular Hbond substituents is 1. The normalized spacial score (nSPS) is 10.6. The SMILES string of the molecule is CC=CCC(=O)Cc1ccc(O)cc1. The summed E-state index contributed by atoms with van der Waals surface area (Å²) >= 11 is 0. The molecule has 0 aliphatic rings. The van der Waals surface area contributed by atoms with Crippen molar-refractivity contribution in [2.24, 2.45) is 0 Å². The number of Topliss-reactive ketones (excluding diaryl/α,β-unsaturated/α-hetero) is 1. The van der Waals surface area contributed by atoms with E-state index in [0.29, 0.717) is 12.8 Å². The number of carbonyl (C=O) groups is 1. The number of ketones is 1. The minimum atomic E-state index is 0.189. The van der Waals surface area contributed by atoms with Gasteiger partial charge in [-0.15, -0.1) is 0 Å². The monoisotopic (exact) mass is 190 g/mol. The molecule has 0 bridgehead atoms. The molecule has 2 heteroatoms. The third kappa shape index (κ3) is 3.44. The van der Waals surface area contributed by atoms with Gasteiger partial charge >= 0.3 is 0 Å². The first-order valence-electron chi connectivity index (χ1n) is 4.63. The van der Waals surface area contributed by atoms with E-state index in [2.05, 4.69) is 0 Å². The average Bonchev–Trinajstić information content (AvgIpc) is 2.18. The van der Waals surface area contributed by atoms with Crippen LogP contribution in [0.2, 0.25) is 0 Å². The molecule has 0 radical (unpaired) electrons. The van der Waals surface area contributed by atoms with E-state index in [-0.39, 0.29) is 11.5 Å². The van der Waals surface area contributed by atoms with Crippen LogP contribution in [0, 0.1) is 0 Å². The number of hydrogen-bond acceptors (Lipinski definition) is 2. The largest absolute Gasteiger partial charge is 0.508 e. The molecule has 0 aromatic heterocycles. The highest BCUT2D eigenvalue weighted by Gasteiger charge is 2.01. The molecule has 1 N–H and O–H groups in total. The van der Waals surface area contributed by atoms with Crippen LogP contribution >= 0.6 is 0 Å². The summed E-state index contributed by atoms with van der Waals surface area (Å²) in [5, 5.41) is 9.04. The van der Waals surface area contributed by atoms with Gasteiger partial charge in [0.25, 0.3) is 0 Å². The van der Waals surface area contributed by atoms with Crippen molar-refractivity contribution < 1.29 is 9.90 Å². The van der Waals surface area contributed by atoms with Gasteiger partial charge in [-0.05, 0) is 24.6 Å². The van der Waals surface area contributed by atoms with Crippen LogP contribution < -0.4 is 0 Å². The molecule has 0 amide bonds. The number of carbonyl (C=O) groups excluding carboxylic acids is 1. The maximum Gasteiger partial charge on any atom is 0.141 e. The van der Waals surface area contributed by atoms with Crippen LogP contribution in [-0.4, -0.2) is 10.9 Å². The molecule has 0 saturated carbocycles. The minimum absolute atomic E-state index is 0.189. The predicted octanol–water partition coefficient (Wildman–Crippen LogP) is 2.47. The molecule has 14 heavy (non-hydrogen) atoms. The average molecular weight is 190 g/mol.